The molecule has 4 nitrogen and oxygen atoms in total. The number of aliphatic hydroxyl groups is 1. The predicted octanol–water partition coefficient (Wildman–Crippen LogP) is 1.67. The molecule has 0 aliphatic carbocycles. The lowest BCUT2D eigenvalue weighted by molar-refractivity contribution is 0.113. The van der Waals surface area contributed by atoms with Gasteiger partial charge in [0, 0.05) is 31.6 Å². The van der Waals surface area contributed by atoms with E-state index in [2.05, 4.69) is 28.3 Å². The topological polar surface area (TPSA) is 41.3 Å². The van der Waals surface area contributed by atoms with Gasteiger partial charge in [0.25, 0.3) is 0 Å². The number of hydrogen-bond acceptors (Lipinski definition) is 3. The van der Waals surface area contributed by atoms with Gasteiger partial charge in [-0.1, -0.05) is 0 Å². The van der Waals surface area contributed by atoms with Crippen LogP contribution in [-0.4, -0.2) is 39.3 Å². The van der Waals surface area contributed by atoms with Crippen LogP contribution in [-0.2, 0) is 6.54 Å². The van der Waals surface area contributed by atoms with Gasteiger partial charge in [-0.3, -0.25) is 4.90 Å². The van der Waals surface area contributed by atoms with Gasteiger partial charge in [0.05, 0.1) is 6.54 Å². The zero-order valence-electron chi connectivity index (χ0n) is 10.8. The molecule has 1 aliphatic heterocycles. The summed E-state index contributed by atoms with van der Waals surface area (Å²) in [6, 6.07) is 0.464. The van der Waals surface area contributed by atoms with E-state index in [0.717, 1.165) is 31.9 Å². The van der Waals surface area contributed by atoms with Crippen molar-refractivity contribution in [2.75, 3.05) is 19.7 Å². The van der Waals surface area contributed by atoms with Gasteiger partial charge in [-0.25, -0.2) is 4.98 Å². The maximum Gasteiger partial charge on any atom is 0.123 e. The first-order chi connectivity index (χ1) is 8.20. The van der Waals surface area contributed by atoms with Crippen molar-refractivity contribution in [1.29, 1.82) is 0 Å². The SMILES string of the molecule is CC(C)n1ccnc1CN1CCCC(CO)C1. The Morgan fingerprint density at radius 3 is 3.06 bits per heavy atom. The summed E-state index contributed by atoms with van der Waals surface area (Å²) in [4.78, 5) is 6.85. The molecule has 1 unspecified atom stereocenters. The van der Waals surface area contributed by atoms with Crippen LogP contribution < -0.4 is 0 Å². The quantitative estimate of drug-likeness (QED) is 0.866. The summed E-state index contributed by atoms with van der Waals surface area (Å²) in [5.41, 5.74) is 0. The first-order valence-corrected chi connectivity index (χ1v) is 6.55. The molecule has 1 N–H and O–H groups in total. The molecule has 17 heavy (non-hydrogen) atoms. The van der Waals surface area contributed by atoms with E-state index in [1.807, 2.05) is 12.4 Å². The first kappa shape index (κ1) is 12.6. The van der Waals surface area contributed by atoms with Crippen molar-refractivity contribution in [3.8, 4) is 0 Å². The monoisotopic (exact) mass is 237 g/mol. The standard InChI is InChI=1S/C13H23N3O/c1-11(2)16-7-5-14-13(16)9-15-6-3-4-12(8-15)10-17/h5,7,11-12,17H,3-4,6,8-10H2,1-2H3. The van der Waals surface area contributed by atoms with Crippen LogP contribution in [0.4, 0.5) is 0 Å². The maximum absolute atomic E-state index is 9.23. The van der Waals surface area contributed by atoms with E-state index in [-0.39, 0.29) is 0 Å². The Hall–Kier alpha value is -0.870. The molecule has 2 heterocycles. The highest BCUT2D eigenvalue weighted by Gasteiger charge is 2.20. The lowest BCUT2D eigenvalue weighted by atomic mass is 9.99. The van der Waals surface area contributed by atoms with Gasteiger partial charge >= 0.3 is 0 Å². The van der Waals surface area contributed by atoms with Crippen LogP contribution in [0.2, 0.25) is 0 Å². The second-order valence-electron chi connectivity index (χ2n) is 5.27. The molecule has 96 valence electrons. The van der Waals surface area contributed by atoms with Gasteiger partial charge in [-0.05, 0) is 39.2 Å². The molecular formula is C13H23N3O. The third kappa shape index (κ3) is 3.07. The van der Waals surface area contributed by atoms with Crippen LogP contribution in [0, 0.1) is 5.92 Å². The van der Waals surface area contributed by atoms with Crippen LogP contribution in [0.1, 0.15) is 38.6 Å². The van der Waals surface area contributed by atoms with Crippen molar-refractivity contribution in [2.45, 2.75) is 39.3 Å². The van der Waals surface area contributed by atoms with Crippen LogP contribution >= 0.6 is 0 Å². The van der Waals surface area contributed by atoms with E-state index in [0.29, 0.717) is 18.6 Å². The summed E-state index contributed by atoms with van der Waals surface area (Å²) in [6.45, 7) is 7.70. The Kier molecular flexibility index (Phi) is 4.18. The molecule has 0 bridgehead atoms. The van der Waals surface area contributed by atoms with Crippen LogP contribution in [0.5, 0.6) is 0 Å². The molecule has 0 spiro atoms. The fraction of sp³-hybridized carbons (Fsp3) is 0.769. The van der Waals surface area contributed by atoms with Crippen molar-refractivity contribution in [3.05, 3.63) is 18.2 Å². The van der Waals surface area contributed by atoms with E-state index in [4.69, 9.17) is 0 Å². The molecule has 1 saturated heterocycles. The van der Waals surface area contributed by atoms with Crippen LogP contribution in [0.25, 0.3) is 0 Å². The molecule has 2 rings (SSSR count). The Balaban J connectivity index is 1.98. The van der Waals surface area contributed by atoms with E-state index >= 15 is 0 Å². The van der Waals surface area contributed by atoms with E-state index in [9.17, 15) is 5.11 Å². The number of aromatic nitrogens is 2. The number of rotatable bonds is 4. The molecule has 1 aromatic rings. The third-order valence-electron chi connectivity index (χ3n) is 3.53. The first-order valence-electron chi connectivity index (χ1n) is 6.55. The molecule has 1 aromatic heterocycles. The fourth-order valence-electron chi connectivity index (χ4n) is 2.58. The number of piperidine rings is 1. The van der Waals surface area contributed by atoms with Crippen molar-refractivity contribution >= 4 is 0 Å². The van der Waals surface area contributed by atoms with Crippen molar-refractivity contribution < 1.29 is 5.11 Å². The minimum absolute atomic E-state index is 0.315. The highest BCUT2D eigenvalue weighted by Crippen LogP contribution is 2.18. The molecule has 1 fully saturated rings. The van der Waals surface area contributed by atoms with Crippen molar-refractivity contribution in [3.63, 3.8) is 0 Å². The maximum atomic E-state index is 9.23. The van der Waals surface area contributed by atoms with Crippen LogP contribution in [0.15, 0.2) is 12.4 Å². The number of hydrogen-bond donors (Lipinski definition) is 1. The molecule has 0 radical (unpaired) electrons. The van der Waals surface area contributed by atoms with E-state index < -0.39 is 0 Å². The minimum atomic E-state index is 0.315. The molecule has 1 aliphatic rings. The molecule has 0 aromatic carbocycles. The van der Waals surface area contributed by atoms with E-state index in [1.54, 1.807) is 0 Å². The van der Waals surface area contributed by atoms with Crippen LogP contribution in [0.3, 0.4) is 0 Å². The van der Waals surface area contributed by atoms with Gasteiger partial charge in [-0.15, -0.1) is 0 Å². The molecule has 0 saturated carbocycles. The lowest BCUT2D eigenvalue weighted by Gasteiger charge is -2.31. The third-order valence-corrected chi connectivity index (χ3v) is 3.53. The summed E-state index contributed by atoms with van der Waals surface area (Å²) in [5, 5.41) is 9.23. The van der Waals surface area contributed by atoms with Gasteiger partial charge in [-0.2, -0.15) is 0 Å². The minimum Gasteiger partial charge on any atom is -0.396 e. The van der Waals surface area contributed by atoms with Crippen molar-refractivity contribution in [2.24, 2.45) is 5.92 Å². The van der Waals surface area contributed by atoms with Gasteiger partial charge < -0.3 is 9.67 Å². The predicted molar refractivity (Wildman–Crippen MR) is 67.7 cm³/mol. The summed E-state index contributed by atoms with van der Waals surface area (Å²) >= 11 is 0. The second-order valence-corrected chi connectivity index (χ2v) is 5.27. The van der Waals surface area contributed by atoms with E-state index in [1.165, 1.54) is 6.42 Å². The van der Waals surface area contributed by atoms with Gasteiger partial charge in [0.2, 0.25) is 0 Å². The molecule has 4 heteroatoms. The number of imidazole rings is 1. The molecular weight excluding hydrogens is 214 g/mol. The summed E-state index contributed by atoms with van der Waals surface area (Å²) in [7, 11) is 0. The highest BCUT2D eigenvalue weighted by atomic mass is 16.3. The summed E-state index contributed by atoms with van der Waals surface area (Å²) in [5.74, 6) is 1.59. The number of likely N-dealkylation sites (tertiary alicyclic amines) is 1. The Morgan fingerprint density at radius 2 is 2.35 bits per heavy atom. The number of nitrogens with zero attached hydrogens (tertiary/aromatic N) is 3. The number of aliphatic hydroxyl groups excluding tert-OH is 1. The summed E-state index contributed by atoms with van der Waals surface area (Å²) in [6.07, 6.45) is 6.27. The average molecular weight is 237 g/mol. The Morgan fingerprint density at radius 1 is 1.53 bits per heavy atom. The summed E-state index contributed by atoms with van der Waals surface area (Å²) < 4.78 is 2.22. The fourth-order valence-corrected chi connectivity index (χ4v) is 2.58. The molecule has 1 atom stereocenters. The zero-order valence-corrected chi connectivity index (χ0v) is 10.8. The lowest BCUT2D eigenvalue weighted by Crippen LogP contribution is -2.37. The van der Waals surface area contributed by atoms with Gasteiger partial charge in [0.1, 0.15) is 5.82 Å². The average Bonchev–Trinajstić information content (AvgIpc) is 2.77. The molecule has 0 amide bonds. The smallest absolute Gasteiger partial charge is 0.123 e. The normalized spacial score (nSPS) is 22.2. The largest absolute Gasteiger partial charge is 0.396 e. The van der Waals surface area contributed by atoms with Crippen molar-refractivity contribution in [1.82, 2.24) is 14.5 Å². The highest BCUT2D eigenvalue weighted by molar-refractivity contribution is 4.95. The Bertz CT molecular complexity index is 348. The zero-order chi connectivity index (χ0) is 12.3. The Labute approximate surface area is 103 Å². The second kappa shape index (κ2) is 5.65. The van der Waals surface area contributed by atoms with Gasteiger partial charge in [0.15, 0.2) is 0 Å².